The maximum Gasteiger partial charge on any atom is 0.342 e. The Kier molecular flexibility index (Phi) is 2.29. The van der Waals surface area contributed by atoms with Gasteiger partial charge >= 0.3 is 5.97 Å². The zero-order chi connectivity index (χ0) is 12.7. The number of hydrogen-bond acceptors (Lipinski definition) is 6. The number of rotatable bonds is 1. The molecule has 6 heteroatoms. The van der Waals surface area contributed by atoms with Crippen LogP contribution < -0.4 is 16.0 Å². The van der Waals surface area contributed by atoms with Crippen molar-refractivity contribution in [2.24, 2.45) is 0 Å². The van der Waals surface area contributed by atoms with Crippen LogP contribution in [0.2, 0.25) is 0 Å². The normalized spacial score (nSPS) is 16.1. The molecule has 0 unspecified atom stereocenters. The first kappa shape index (κ1) is 10.8. The quantitative estimate of drug-likeness (QED) is 0.572. The predicted molar refractivity (Wildman–Crippen MR) is 67.2 cm³/mol. The molecule has 0 bridgehead atoms. The summed E-state index contributed by atoms with van der Waals surface area (Å²) in [5, 5.41) is 3.18. The van der Waals surface area contributed by atoms with Crippen LogP contribution >= 0.6 is 0 Å². The van der Waals surface area contributed by atoms with E-state index in [1.165, 1.54) is 7.11 Å². The van der Waals surface area contributed by atoms with Gasteiger partial charge in [-0.25, -0.2) is 4.79 Å². The first-order valence-electron chi connectivity index (χ1n) is 5.59. The van der Waals surface area contributed by atoms with Gasteiger partial charge in [-0.3, -0.25) is 0 Å². The molecule has 2 heterocycles. The van der Waals surface area contributed by atoms with Gasteiger partial charge in [0.2, 0.25) is 0 Å². The molecule has 2 aliphatic rings. The molecule has 0 spiro atoms. The van der Waals surface area contributed by atoms with Gasteiger partial charge in [0.1, 0.15) is 24.3 Å². The molecule has 0 fully saturated rings. The summed E-state index contributed by atoms with van der Waals surface area (Å²) in [6.45, 7) is 1.24. The Morgan fingerprint density at radius 2 is 2.39 bits per heavy atom. The van der Waals surface area contributed by atoms with Crippen molar-refractivity contribution in [1.82, 2.24) is 0 Å². The fraction of sp³-hybridized carbons (Fsp3) is 0.250. The number of nitrogen functional groups attached to an aromatic ring is 1. The Morgan fingerprint density at radius 1 is 1.56 bits per heavy atom. The number of esters is 1. The fourth-order valence-electron chi connectivity index (χ4n) is 2.24. The maximum absolute atomic E-state index is 11.9. The average Bonchev–Trinajstić information content (AvgIpc) is 2.76. The highest BCUT2D eigenvalue weighted by atomic mass is 16.5. The number of nitrogens with zero attached hydrogens (tertiary/aromatic N) is 1. The van der Waals surface area contributed by atoms with Crippen LogP contribution in [0.1, 0.15) is 10.4 Å². The van der Waals surface area contributed by atoms with Crippen molar-refractivity contribution in [3.8, 4) is 0 Å². The summed E-state index contributed by atoms with van der Waals surface area (Å²) >= 11 is 0. The topological polar surface area (TPSA) is 76.8 Å². The van der Waals surface area contributed by atoms with Crippen LogP contribution in [-0.2, 0) is 9.47 Å². The third-order valence-electron chi connectivity index (χ3n) is 3.05. The second-order valence-electron chi connectivity index (χ2n) is 4.07. The van der Waals surface area contributed by atoms with E-state index >= 15 is 0 Å². The molecule has 1 aromatic carbocycles. The number of carbonyl (C=O) groups excluding carboxylic acids is 1. The van der Waals surface area contributed by atoms with Gasteiger partial charge < -0.3 is 25.4 Å². The van der Waals surface area contributed by atoms with E-state index in [1.807, 2.05) is 11.0 Å². The summed E-state index contributed by atoms with van der Waals surface area (Å²) in [6, 6.07) is 3.54. The summed E-state index contributed by atoms with van der Waals surface area (Å²) in [5.74, 6) is 0.380. The van der Waals surface area contributed by atoms with Crippen molar-refractivity contribution in [3.63, 3.8) is 0 Å². The first-order valence-corrected chi connectivity index (χ1v) is 5.59. The summed E-state index contributed by atoms with van der Waals surface area (Å²) < 4.78 is 10.1. The Bertz CT molecular complexity index is 554. The Hall–Kier alpha value is -2.37. The lowest BCUT2D eigenvalue weighted by molar-refractivity contribution is 0.0602. The van der Waals surface area contributed by atoms with Crippen molar-refractivity contribution in [2.75, 3.05) is 36.2 Å². The number of ether oxygens (including phenoxy) is 2. The van der Waals surface area contributed by atoms with E-state index in [2.05, 4.69) is 5.32 Å². The molecule has 94 valence electrons. The van der Waals surface area contributed by atoms with E-state index in [9.17, 15) is 4.79 Å². The SMILES string of the molecule is COC(=O)c1c(N)ccc2c1N1CCOC=C1N2. The summed E-state index contributed by atoms with van der Waals surface area (Å²) in [5.41, 5.74) is 8.29. The number of carbonyl (C=O) groups is 1. The van der Waals surface area contributed by atoms with Crippen molar-refractivity contribution < 1.29 is 14.3 Å². The smallest absolute Gasteiger partial charge is 0.342 e. The molecule has 18 heavy (non-hydrogen) atoms. The van der Waals surface area contributed by atoms with Crippen LogP contribution in [0.25, 0.3) is 0 Å². The Morgan fingerprint density at radius 3 is 3.17 bits per heavy atom. The maximum atomic E-state index is 11.9. The molecule has 0 aromatic heterocycles. The zero-order valence-corrected chi connectivity index (χ0v) is 9.90. The second-order valence-corrected chi connectivity index (χ2v) is 4.07. The Balaban J connectivity index is 2.18. The zero-order valence-electron chi connectivity index (χ0n) is 9.90. The molecule has 0 radical (unpaired) electrons. The highest BCUT2D eigenvalue weighted by Gasteiger charge is 2.32. The molecule has 0 saturated heterocycles. The number of anilines is 3. The van der Waals surface area contributed by atoms with Crippen LogP contribution in [-0.4, -0.2) is 26.2 Å². The van der Waals surface area contributed by atoms with E-state index in [0.29, 0.717) is 24.4 Å². The van der Waals surface area contributed by atoms with Crippen molar-refractivity contribution in [2.45, 2.75) is 0 Å². The lowest BCUT2D eigenvalue weighted by Crippen LogP contribution is -2.30. The lowest BCUT2D eigenvalue weighted by Gasteiger charge is -2.24. The number of methoxy groups -OCH3 is 1. The van der Waals surface area contributed by atoms with Crippen molar-refractivity contribution in [1.29, 1.82) is 0 Å². The number of benzene rings is 1. The van der Waals surface area contributed by atoms with E-state index < -0.39 is 5.97 Å². The molecule has 0 atom stereocenters. The van der Waals surface area contributed by atoms with Gasteiger partial charge in [-0.1, -0.05) is 0 Å². The third kappa shape index (κ3) is 1.38. The number of nitrogens with two attached hydrogens (primary N) is 1. The molecule has 3 rings (SSSR count). The highest BCUT2D eigenvalue weighted by molar-refractivity contribution is 6.06. The van der Waals surface area contributed by atoms with Crippen LogP contribution in [0.4, 0.5) is 17.1 Å². The largest absolute Gasteiger partial charge is 0.496 e. The van der Waals surface area contributed by atoms with E-state index in [0.717, 1.165) is 17.2 Å². The lowest BCUT2D eigenvalue weighted by atomic mass is 10.1. The van der Waals surface area contributed by atoms with Gasteiger partial charge in [0.05, 0.1) is 25.0 Å². The van der Waals surface area contributed by atoms with Gasteiger partial charge in [-0.05, 0) is 12.1 Å². The minimum absolute atomic E-state index is 0.396. The molecule has 6 nitrogen and oxygen atoms in total. The average molecular weight is 247 g/mol. The van der Waals surface area contributed by atoms with Gasteiger partial charge in [0.15, 0.2) is 0 Å². The van der Waals surface area contributed by atoms with Gasteiger partial charge in [0.25, 0.3) is 0 Å². The third-order valence-corrected chi connectivity index (χ3v) is 3.05. The summed E-state index contributed by atoms with van der Waals surface area (Å²) in [6.07, 6.45) is 1.64. The monoisotopic (exact) mass is 247 g/mol. The number of fused-ring (bicyclic) bond motifs is 3. The fourth-order valence-corrected chi connectivity index (χ4v) is 2.24. The molecular formula is C12H13N3O3. The minimum Gasteiger partial charge on any atom is -0.496 e. The van der Waals surface area contributed by atoms with Gasteiger partial charge in [0, 0.05) is 5.69 Å². The van der Waals surface area contributed by atoms with Crippen LogP contribution in [0.15, 0.2) is 24.2 Å². The second kappa shape index (κ2) is 3.83. The molecule has 3 N–H and O–H groups in total. The molecule has 0 amide bonds. The van der Waals surface area contributed by atoms with E-state index in [4.69, 9.17) is 15.2 Å². The number of nitrogens with one attached hydrogen (secondary N) is 1. The van der Waals surface area contributed by atoms with Crippen molar-refractivity contribution in [3.05, 3.63) is 29.8 Å². The molecule has 2 aliphatic heterocycles. The highest BCUT2D eigenvalue weighted by Crippen LogP contribution is 2.42. The molecule has 1 aromatic rings. The van der Waals surface area contributed by atoms with Gasteiger partial charge in [-0.2, -0.15) is 0 Å². The number of hydrogen-bond donors (Lipinski definition) is 2. The standard InChI is InChI=1S/C12H13N3O3/c1-17-12(16)10-7(13)2-3-8-11(10)15-4-5-18-6-9(15)14-8/h2-3,6,14H,4-5,13H2,1H3. The summed E-state index contributed by atoms with van der Waals surface area (Å²) in [4.78, 5) is 13.8. The van der Waals surface area contributed by atoms with Crippen LogP contribution in [0.5, 0.6) is 0 Å². The summed E-state index contributed by atoms with van der Waals surface area (Å²) in [7, 11) is 1.35. The Labute approximate surface area is 104 Å². The van der Waals surface area contributed by atoms with Gasteiger partial charge in [-0.15, -0.1) is 0 Å². The molecule has 0 aliphatic carbocycles. The van der Waals surface area contributed by atoms with Crippen LogP contribution in [0.3, 0.4) is 0 Å². The minimum atomic E-state index is -0.432. The van der Waals surface area contributed by atoms with Crippen LogP contribution in [0, 0.1) is 0 Å². The predicted octanol–water partition coefficient (Wildman–Crippen LogP) is 1.12. The molecule has 0 saturated carbocycles. The van der Waals surface area contributed by atoms with E-state index in [-0.39, 0.29) is 0 Å². The first-order chi connectivity index (χ1) is 8.72. The van der Waals surface area contributed by atoms with Crippen molar-refractivity contribution >= 4 is 23.0 Å². The van der Waals surface area contributed by atoms with E-state index in [1.54, 1.807) is 12.3 Å². The molecular weight excluding hydrogens is 234 g/mol.